The fourth-order valence-corrected chi connectivity index (χ4v) is 3.08. The summed E-state index contributed by atoms with van der Waals surface area (Å²) in [7, 11) is 0.651. The zero-order valence-corrected chi connectivity index (χ0v) is 15.0. The minimum atomic E-state index is -3.68. The number of hydrogen-bond donors (Lipinski definition) is 1. The molecule has 0 atom stereocenters. The molecular formula is C15H22N2O6S. The number of sulfonamides is 1. The molecule has 0 spiro atoms. The normalized spacial score (nSPS) is 14.0. The molecule has 1 aliphatic rings. The molecule has 0 saturated heterocycles. The van der Waals surface area contributed by atoms with Gasteiger partial charge < -0.3 is 19.5 Å². The highest BCUT2D eigenvalue weighted by Crippen LogP contribution is 2.41. The van der Waals surface area contributed by atoms with Gasteiger partial charge in [0.1, 0.15) is 6.54 Å². The molecule has 1 saturated carbocycles. The Kier molecular flexibility index (Phi) is 5.43. The van der Waals surface area contributed by atoms with Crippen LogP contribution in [-0.2, 0) is 14.8 Å². The number of hydrogen-bond acceptors (Lipinski definition) is 6. The molecule has 1 aliphatic carbocycles. The SMILES string of the molecule is COc1cc(N(CC(=O)NC2CC2)S(C)(=O)=O)cc(OC)c1OC. The second-order valence-corrected chi connectivity index (χ2v) is 7.40. The van der Waals surface area contributed by atoms with E-state index in [0.29, 0.717) is 17.2 Å². The number of benzene rings is 1. The number of carbonyl (C=O) groups is 1. The first kappa shape index (κ1) is 18.2. The van der Waals surface area contributed by atoms with E-state index in [-0.39, 0.29) is 24.2 Å². The van der Waals surface area contributed by atoms with Crippen LogP contribution in [0.2, 0.25) is 0 Å². The lowest BCUT2D eigenvalue weighted by Crippen LogP contribution is -2.41. The van der Waals surface area contributed by atoms with E-state index in [1.807, 2.05) is 0 Å². The third-order valence-corrected chi connectivity index (χ3v) is 4.71. The van der Waals surface area contributed by atoms with Gasteiger partial charge in [0.25, 0.3) is 0 Å². The van der Waals surface area contributed by atoms with E-state index < -0.39 is 10.0 Å². The molecule has 0 aliphatic heterocycles. The molecule has 2 rings (SSSR count). The molecular weight excluding hydrogens is 336 g/mol. The summed E-state index contributed by atoms with van der Waals surface area (Å²) in [6.45, 7) is -0.312. The van der Waals surface area contributed by atoms with Crippen molar-refractivity contribution in [2.45, 2.75) is 18.9 Å². The number of ether oxygens (including phenoxy) is 3. The summed E-state index contributed by atoms with van der Waals surface area (Å²) in [6.07, 6.45) is 2.89. The molecule has 0 bridgehead atoms. The second kappa shape index (κ2) is 7.16. The molecule has 8 nitrogen and oxygen atoms in total. The first-order chi connectivity index (χ1) is 11.3. The Balaban J connectivity index is 2.39. The van der Waals surface area contributed by atoms with Crippen molar-refractivity contribution in [2.24, 2.45) is 0 Å². The standard InChI is InChI=1S/C15H22N2O6S/c1-21-12-7-11(8-13(22-2)15(12)23-3)17(24(4,19)20)9-14(18)16-10-5-6-10/h7-8,10H,5-6,9H2,1-4H3,(H,16,18). The maximum atomic E-state index is 12.2. The minimum Gasteiger partial charge on any atom is -0.493 e. The number of anilines is 1. The van der Waals surface area contributed by atoms with Gasteiger partial charge in [-0.1, -0.05) is 0 Å². The summed E-state index contributed by atoms with van der Waals surface area (Å²) >= 11 is 0. The number of amides is 1. The predicted molar refractivity (Wildman–Crippen MR) is 89.5 cm³/mol. The first-order valence-electron chi connectivity index (χ1n) is 7.37. The van der Waals surface area contributed by atoms with Gasteiger partial charge in [0.2, 0.25) is 21.7 Å². The lowest BCUT2D eigenvalue weighted by molar-refractivity contribution is -0.119. The van der Waals surface area contributed by atoms with E-state index >= 15 is 0 Å². The van der Waals surface area contributed by atoms with E-state index in [4.69, 9.17) is 14.2 Å². The minimum absolute atomic E-state index is 0.152. The second-order valence-electron chi connectivity index (χ2n) is 5.49. The summed E-state index contributed by atoms with van der Waals surface area (Å²) in [4.78, 5) is 12.1. The van der Waals surface area contributed by atoms with E-state index in [9.17, 15) is 13.2 Å². The molecule has 0 unspecified atom stereocenters. The molecule has 1 fully saturated rings. The van der Waals surface area contributed by atoms with Crippen LogP contribution in [0.4, 0.5) is 5.69 Å². The summed E-state index contributed by atoms with van der Waals surface area (Å²) < 4.78 is 41.0. The van der Waals surface area contributed by atoms with E-state index in [1.54, 1.807) is 0 Å². The van der Waals surface area contributed by atoms with E-state index in [0.717, 1.165) is 23.4 Å². The molecule has 0 heterocycles. The summed E-state index contributed by atoms with van der Waals surface area (Å²) in [5.41, 5.74) is 0.262. The van der Waals surface area contributed by atoms with E-state index in [1.165, 1.54) is 33.5 Å². The van der Waals surface area contributed by atoms with Crippen LogP contribution in [0.15, 0.2) is 12.1 Å². The first-order valence-corrected chi connectivity index (χ1v) is 9.22. The summed E-state index contributed by atoms with van der Waals surface area (Å²) in [6, 6.07) is 3.14. The van der Waals surface area contributed by atoms with Crippen molar-refractivity contribution in [1.29, 1.82) is 0 Å². The molecule has 1 N–H and O–H groups in total. The highest BCUT2D eigenvalue weighted by molar-refractivity contribution is 7.92. The maximum absolute atomic E-state index is 12.2. The molecule has 0 radical (unpaired) electrons. The van der Waals surface area contributed by atoms with Gasteiger partial charge in [0, 0.05) is 18.2 Å². The molecule has 134 valence electrons. The fraction of sp³-hybridized carbons (Fsp3) is 0.533. The van der Waals surface area contributed by atoms with Crippen LogP contribution >= 0.6 is 0 Å². The van der Waals surface area contributed by atoms with Crippen LogP contribution < -0.4 is 23.8 Å². The van der Waals surface area contributed by atoms with Crippen molar-refractivity contribution < 1.29 is 27.4 Å². The number of rotatable bonds is 8. The van der Waals surface area contributed by atoms with Crippen LogP contribution in [0.25, 0.3) is 0 Å². The van der Waals surface area contributed by atoms with Gasteiger partial charge in [0.15, 0.2) is 11.5 Å². The molecule has 1 aromatic carbocycles. The largest absolute Gasteiger partial charge is 0.493 e. The van der Waals surface area contributed by atoms with Crippen molar-refractivity contribution >= 4 is 21.6 Å². The molecule has 24 heavy (non-hydrogen) atoms. The Morgan fingerprint density at radius 3 is 2.08 bits per heavy atom. The highest BCUT2D eigenvalue weighted by Gasteiger charge is 2.28. The number of carbonyl (C=O) groups excluding carboxylic acids is 1. The average molecular weight is 358 g/mol. The third kappa shape index (κ3) is 4.22. The quantitative estimate of drug-likeness (QED) is 0.737. The zero-order valence-electron chi connectivity index (χ0n) is 14.2. The lowest BCUT2D eigenvalue weighted by Gasteiger charge is -2.24. The Morgan fingerprint density at radius 1 is 1.17 bits per heavy atom. The smallest absolute Gasteiger partial charge is 0.240 e. The van der Waals surface area contributed by atoms with Crippen LogP contribution in [-0.4, -0.2) is 54.5 Å². The Labute approximate surface area is 141 Å². The number of methoxy groups -OCH3 is 3. The van der Waals surface area contributed by atoms with Gasteiger partial charge in [-0.3, -0.25) is 9.10 Å². The van der Waals surface area contributed by atoms with Crippen molar-refractivity contribution in [2.75, 3.05) is 38.4 Å². The van der Waals surface area contributed by atoms with Gasteiger partial charge in [-0.15, -0.1) is 0 Å². The van der Waals surface area contributed by atoms with Gasteiger partial charge in [-0.05, 0) is 12.8 Å². The average Bonchev–Trinajstić information content (AvgIpc) is 3.33. The van der Waals surface area contributed by atoms with Gasteiger partial charge in [-0.25, -0.2) is 8.42 Å². The highest BCUT2D eigenvalue weighted by atomic mass is 32.2. The zero-order chi connectivity index (χ0) is 17.9. The summed E-state index contributed by atoms with van der Waals surface area (Å²) in [5, 5.41) is 2.77. The Bertz CT molecular complexity index is 690. The Morgan fingerprint density at radius 2 is 1.71 bits per heavy atom. The summed E-state index contributed by atoms with van der Waals surface area (Å²) in [5.74, 6) is 0.613. The maximum Gasteiger partial charge on any atom is 0.240 e. The van der Waals surface area contributed by atoms with E-state index in [2.05, 4.69) is 5.32 Å². The van der Waals surface area contributed by atoms with Crippen LogP contribution in [0.5, 0.6) is 17.2 Å². The van der Waals surface area contributed by atoms with Gasteiger partial charge in [-0.2, -0.15) is 0 Å². The fourth-order valence-electron chi connectivity index (χ4n) is 2.24. The number of nitrogens with zero attached hydrogens (tertiary/aromatic N) is 1. The van der Waals surface area contributed by atoms with Crippen molar-refractivity contribution in [3.63, 3.8) is 0 Å². The molecule has 9 heteroatoms. The lowest BCUT2D eigenvalue weighted by atomic mass is 10.2. The van der Waals surface area contributed by atoms with Gasteiger partial charge in [0.05, 0.1) is 33.3 Å². The van der Waals surface area contributed by atoms with Crippen molar-refractivity contribution in [3.05, 3.63) is 12.1 Å². The Hall–Kier alpha value is -2.16. The third-order valence-electron chi connectivity index (χ3n) is 3.57. The van der Waals surface area contributed by atoms with Crippen molar-refractivity contribution in [3.8, 4) is 17.2 Å². The molecule has 1 aromatic rings. The molecule has 1 amide bonds. The topological polar surface area (TPSA) is 94.2 Å². The van der Waals surface area contributed by atoms with Crippen molar-refractivity contribution in [1.82, 2.24) is 5.32 Å². The number of nitrogens with one attached hydrogen (secondary N) is 1. The van der Waals surface area contributed by atoms with Crippen LogP contribution in [0, 0.1) is 0 Å². The molecule has 0 aromatic heterocycles. The van der Waals surface area contributed by atoms with Gasteiger partial charge >= 0.3 is 0 Å². The van der Waals surface area contributed by atoms with Crippen LogP contribution in [0.1, 0.15) is 12.8 Å². The monoisotopic (exact) mass is 358 g/mol. The predicted octanol–water partition coefficient (Wildman–Crippen LogP) is 0.757. The van der Waals surface area contributed by atoms with Crippen LogP contribution in [0.3, 0.4) is 0 Å².